The molecular weight excluding hydrogens is 315 g/mol. The van der Waals surface area contributed by atoms with Crippen molar-refractivity contribution in [3.63, 3.8) is 0 Å². The van der Waals surface area contributed by atoms with Gasteiger partial charge in [0, 0.05) is 38.3 Å². The summed E-state index contributed by atoms with van der Waals surface area (Å²) in [5.41, 5.74) is 0.485. The molecular formula is C21H29FN2O. The highest BCUT2D eigenvalue weighted by molar-refractivity contribution is 5.94. The molecule has 2 saturated heterocycles. The number of likely N-dealkylation sites (tertiary alicyclic amines) is 2. The van der Waals surface area contributed by atoms with Gasteiger partial charge >= 0.3 is 0 Å². The van der Waals surface area contributed by atoms with Crippen LogP contribution < -0.4 is 0 Å². The Balaban J connectivity index is 1.36. The van der Waals surface area contributed by atoms with Gasteiger partial charge in [-0.3, -0.25) is 4.79 Å². The smallest absolute Gasteiger partial charge is 0.253 e. The second kappa shape index (κ2) is 7.45. The summed E-state index contributed by atoms with van der Waals surface area (Å²) in [5, 5.41) is 0. The molecule has 0 radical (unpaired) electrons. The van der Waals surface area contributed by atoms with Crippen molar-refractivity contribution in [3.8, 4) is 0 Å². The number of carbonyl (C=O) groups excluding carboxylic acids is 1. The van der Waals surface area contributed by atoms with Gasteiger partial charge in [-0.2, -0.15) is 0 Å². The topological polar surface area (TPSA) is 23.6 Å². The van der Waals surface area contributed by atoms with Gasteiger partial charge in [0.2, 0.25) is 0 Å². The van der Waals surface area contributed by atoms with Gasteiger partial charge in [0.25, 0.3) is 5.91 Å². The Morgan fingerprint density at radius 2 is 1.76 bits per heavy atom. The number of amides is 1. The summed E-state index contributed by atoms with van der Waals surface area (Å²) >= 11 is 0. The summed E-state index contributed by atoms with van der Waals surface area (Å²) in [6, 6.07) is 6.11. The Bertz CT molecular complexity index is 600. The third-order valence-corrected chi connectivity index (χ3v) is 6.26. The highest BCUT2D eigenvalue weighted by atomic mass is 19.1. The van der Waals surface area contributed by atoms with Gasteiger partial charge in [-0.05, 0) is 55.2 Å². The lowest BCUT2D eigenvalue weighted by molar-refractivity contribution is 0.0198. The van der Waals surface area contributed by atoms with E-state index in [2.05, 4.69) is 4.90 Å². The Kier molecular flexibility index (Phi) is 5.07. The van der Waals surface area contributed by atoms with E-state index in [0.29, 0.717) is 17.4 Å². The van der Waals surface area contributed by atoms with E-state index >= 15 is 0 Å². The van der Waals surface area contributed by atoms with Gasteiger partial charge in [0.05, 0.1) is 0 Å². The lowest BCUT2D eigenvalue weighted by Crippen LogP contribution is -2.54. The number of benzene rings is 1. The van der Waals surface area contributed by atoms with E-state index in [0.717, 1.165) is 32.1 Å². The van der Waals surface area contributed by atoms with E-state index in [1.807, 2.05) is 4.90 Å². The summed E-state index contributed by atoms with van der Waals surface area (Å²) in [6.45, 7) is 5.16. The molecule has 4 rings (SSSR count). The standard InChI is InChI=1S/C21H29FN2O/c22-20-8-4-7-19(10-20)21(25)24-14-17-9-18(15-24)13-23(12-17)11-16-5-2-1-3-6-16/h4,7-8,10,16-18H,1-3,5-6,9,11-15H2. The first-order valence-electron chi connectivity index (χ1n) is 9.94. The maximum absolute atomic E-state index is 13.4. The summed E-state index contributed by atoms with van der Waals surface area (Å²) in [7, 11) is 0. The number of carbonyl (C=O) groups is 1. The van der Waals surface area contributed by atoms with Crippen molar-refractivity contribution in [3.05, 3.63) is 35.6 Å². The average molecular weight is 344 g/mol. The molecule has 25 heavy (non-hydrogen) atoms. The maximum Gasteiger partial charge on any atom is 0.253 e. The van der Waals surface area contributed by atoms with Gasteiger partial charge < -0.3 is 9.80 Å². The summed E-state index contributed by atoms with van der Waals surface area (Å²) < 4.78 is 13.4. The molecule has 1 aromatic carbocycles. The Morgan fingerprint density at radius 3 is 2.44 bits per heavy atom. The van der Waals surface area contributed by atoms with E-state index in [-0.39, 0.29) is 11.7 Å². The molecule has 2 aliphatic heterocycles. The molecule has 1 saturated carbocycles. The van der Waals surface area contributed by atoms with E-state index in [1.165, 1.54) is 57.2 Å². The SMILES string of the molecule is O=C(c1cccc(F)c1)N1CC2CC(CN(CC3CCCCC3)C2)C1. The molecule has 3 nitrogen and oxygen atoms in total. The molecule has 1 aliphatic carbocycles. The van der Waals surface area contributed by atoms with Crippen LogP contribution in [-0.2, 0) is 0 Å². The van der Waals surface area contributed by atoms with Crippen LogP contribution in [0.1, 0.15) is 48.9 Å². The Morgan fingerprint density at radius 1 is 1.04 bits per heavy atom. The van der Waals surface area contributed by atoms with Gasteiger partial charge in [-0.1, -0.05) is 25.3 Å². The first-order chi connectivity index (χ1) is 12.2. The average Bonchev–Trinajstić information content (AvgIpc) is 2.61. The van der Waals surface area contributed by atoms with Crippen LogP contribution in [0.15, 0.2) is 24.3 Å². The molecule has 3 fully saturated rings. The van der Waals surface area contributed by atoms with Crippen LogP contribution in [-0.4, -0.2) is 48.4 Å². The van der Waals surface area contributed by atoms with E-state index in [9.17, 15) is 9.18 Å². The van der Waals surface area contributed by atoms with Crippen LogP contribution in [0.4, 0.5) is 4.39 Å². The fourth-order valence-corrected chi connectivity index (χ4v) is 5.24. The second-order valence-electron chi connectivity index (χ2n) is 8.41. The molecule has 2 atom stereocenters. The van der Waals surface area contributed by atoms with E-state index in [4.69, 9.17) is 0 Å². The number of hydrogen-bond donors (Lipinski definition) is 0. The largest absolute Gasteiger partial charge is 0.338 e. The lowest BCUT2D eigenvalue weighted by Gasteiger charge is -2.46. The zero-order valence-corrected chi connectivity index (χ0v) is 15.0. The minimum atomic E-state index is -0.332. The van der Waals surface area contributed by atoms with E-state index < -0.39 is 0 Å². The van der Waals surface area contributed by atoms with Gasteiger partial charge in [0.1, 0.15) is 5.82 Å². The van der Waals surface area contributed by atoms with Crippen molar-refractivity contribution in [1.29, 1.82) is 0 Å². The van der Waals surface area contributed by atoms with Crippen molar-refractivity contribution < 1.29 is 9.18 Å². The molecule has 4 heteroatoms. The molecule has 136 valence electrons. The van der Waals surface area contributed by atoms with Crippen LogP contribution in [0.3, 0.4) is 0 Å². The molecule has 0 spiro atoms. The molecule has 0 N–H and O–H groups in total. The predicted molar refractivity (Wildman–Crippen MR) is 96.9 cm³/mol. The number of rotatable bonds is 3. The van der Waals surface area contributed by atoms with Gasteiger partial charge in [-0.25, -0.2) is 4.39 Å². The quantitative estimate of drug-likeness (QED) is 0.833. The highest BCUT2D eigenvalue weighted by Gasteiger charge is 2.36. The van der Waals surface area contributed by atoms with Crippen LogP contribution in [0.25, 0.3) is 0 Å². The third-order valence-electron chi connectivity index (χ3n) is 6.26. The summed E-state index contributed by atoms with van der Waals surface area (Å²) in [5.74, 6) is 1.71. The van der Waals surface area contributed by atoms with Crippen molar-refractivity contribution in [2.75, 3.05) is 32.7 Å². The molecule has 2 heterocycles. The van der Waals surface area contributed by atoms with Gasteiger partial charge in [0.15, 0.2) is 0 Å². The normalized spacial score (nSPS) is 28.1. The van der Waals surface area contributed by atoms with Crippen molar-refractivity contribution in [1.82, 2.24) is 9.80 Å². The van der Waals surface area contributed by atoms with Crippen molar-refractivity contribution in [2.24, 2.45) is 17.8 Å². The van der Waals surface area contributed by atoms with Crippen LogP contribution in [0, 0.1) is 23.6 Å². The monoisotopic (exact) mass is 344 g/mol. The number of halogens is 1. The number of fused-ring (bicyclic) bond motifs is 2. The van der Waals surface area contributed by atoms with Gasteiger partial charge in [-0.15, -0.1) is 0 Å². The summed E-state index contributed by atoms with van der Waals surface area (Å²) in [4.78, 5) is 17.4. The number of piperidine rings is 2. The fraction of sp³-hybridized carbons (Fsp3) is 0.667. The molecule has 2 bridgehead atoms. The third kappa shape index (κ3) is 4.05. The van der Waals surface area contributed by atoms with E-state index in [1.54, 1.807) is 12.1 Å². The van der Waals surface area contributed by atoms with Crippen LogP contribution in [0.2, 0.25) is 0 Å². The summed E-state index contributed by atoms with van der Waals surface area (Å²) in [6.07, 6.45) is 8.27. The van der Waals surface area contributed by atoms with Crippen molar-refractivity contribution in [2.45, 2.75) is 38.5 Å². The zero-order valence-electron chi connectivity index (χ0n) is 15.0. The zero-order chi connectivity index (χ0) is 17.2. The maximum atomic E-state index is 13.4. The number of nitrogens with zero attached hydrogens (tertiary/aromatic N) is 2. The molecule has 3 aliphatic rings. The minimum absolute atomic E-state index is 0.00469. The van der Waals surface area contributed by atoms with Crippen LogP contribution >= 0.6 is 0 Å². The number of hydrogen-bond acceptors (Lipinski definition) is 2. The van der Waals surface area contributed by atoms with Crippen LogP contribution in [0.5, 0.6) is 0 Å². The minimum Gasteiger partial charge on any atom is -0.338 e. The lowest BCUT2D eigenvalue weighted by atomic mass is 9.82. The Labute approximate surface area is 150 Å². The second-order valence-corrected chi connectivity index (χ2v) is 8.41. The first kappa shape index (κ1) is 17.0. The molecule has 1 amide bonds. The fourth-order valence-electron chi connectivity index (χ4n) is 5.24. The first-order valence-corrected chi connectivity index (χ1v) is 9.94. The highest BCUT2D eigenvalue weighted by Crippen LogP contribution is 2.32. The molecule has 1 aromatic rings. The predicted octanol–water partition coefficient (Wildman–Crippen LogP) is 3.80. The van der Waals surface area contributed by atoms with Crippen molar-refractivity contribution >= 4 is 5.91 Å². The molecule has 2 unspecified atom stereocenters. The molecule has 0 aromatic heterocycles. The Hall–Kier alpha value is -1.42.